The molecule has 200 valence electrons. The predicted octanol–water partition coefficient (Wildman–Crippen LogP) is 4.45. The highest BCUT2D eigenvalue weighted by Gasteiger charge is 2.14. The number of amides is 1. The number of aromatic amines is 1. The molecule has 6 rings (SSSR count). The molecular formula is C28H26N10O2. The van der Waals surface area contributed by atoms with E-state index in [1.807, 2.05) is 61.0 Å². The molecule has 0 aliphatic rings. The van der Waals surface area contributed by atoms with Crippen LogP contribution in [0, 0.1) is 6.92 Å². The topological polar surface area (TPSA) is 153 Å². The Hall–Kier alpha value is -5.52. The van der Waals surface area contributed by atoms with Crippen molar-refractivity contribution in [1.82, 2.24) is 39.6 Å². The summed E-state index contributed by atoms with van der Waals surface area (Å²) in [6, 6.07) is 12.8. The van der Waals surface area contributed by atoms with E-state index in [-0.39, 0.29) is 12.3 Å². The summed E-state index contributed by atoms with van der Waals surface area (Å²) in [6.07, 6.45) is 8.49. The second-order valence-corrected chi connectivity index (χ2v) is 8.66. The molecule has 0 saturated heterocycles. The molecule has 0 fully saturated rings. The van der Waals surface area contributed by atoms with Gasteiger partial charge in [-0.25, -0.2) is 19.9 Å². The fourth-order valence-electron chi connectivity index (χ4n) is 3.82. The Balaban J connectivity index is 0.000000758. The lowest BCUT2D eigenvalue weighted by atomic mass is 10.1. The highest BCUT2D eigenvalue weighted by atomic mass is 16.5. The van der Waals surface area contributed by atoms with Crippen LogP contribution in [0.4, 0.5) is 5.69 Å². The minimum atomic E-state index is -0.209. The van der Waals surface area contributed by atoms with Crippen LogP contribution < -0.4 is 5.32 Å². The van der Waals surface area contributed by atoms with Crippen LogP contribution >= 0.6 is 0 Å². The lowest BCUT2D eigenvalue weighted by Crippen LogP contribution is -2.13. The van der Waals surface area contributed by atoms with Crippen LogP contribution in [0.25, 0.3) is 39.6 Å². The van der Waals surface area contributed by atoms with E-state index < -0.39 is 0 Å². The Labute approximate surface area is 229 Å². The van der Waals surface area contributed by atoms with Crippen molar-refractivity contribution in [3.63, 3.8) is 0 Å². The SMILES string of the molecule is C=NCC.Cc1cn(-c2ncnc3nc(-c4ccc(NC(=O)Cc5cc(-c6ccncc6)no5)cc4)[nH]c23)cn1. The molecule has 5 heterocycles. The minimum Gasteiger partial charge on any atom is -0.360 e. The highest BCUT2D eigenvalue weighted by Crippen LogP contribution is 2.24. The van der Waals surface area contributed by atoms with Gasteiger partial charge < -0.3 is 19.8 Å². The number of imidazole rings is 2. The van der Waals surface area contributed by atoms with Crippen molar-refractivity contribution in [2.24, 2.45) is 4.99 Å². The van der Waals surface area contributed by atoms with Crippen molar-refractivity contribution < 1.29 is 9.32 Å². The highest BCUT2D eigenvalue weighted by molar-refractivity contribution is 5.92. The van der Waals surface area contributed by atoms with Crippen LogP contribution in [0.5, 0.6) is 0 Å². The fourth-order valence-corrected chi connectivity index (χ4v) is 3.82. The first-order valence-electron chi connectivity index (χ1n) is 12.4. The average Bonchev–Trinajstić information content (AvgIpc) is 3.74. The van der Waals surface area contributed by atoms with Crippen LogP contribution in [-0.4, -0.2) is 58.8 Å². The number of aromatic nitrogens is 8. The molecule has 12 heteroatoms. The zero-order valence-corrected chi connectivity index (χ0v) is 21.9. The van der Waals surface area contributed by atoms with Crippen molar-refractivity contribution in [2.45, 2.75) is 20.3 Å². The Morgan fingerprint density at radius 2 is 1.88 bits per heavy atom. The predicted molar refractivity (Wildman–Crippen MR) is 151 cm³/mol. The van der Waals surface area contributed by atoms with E-state index in [0.29, 0.717) is 39.9 Å². The van der Waals surface area contributed by atoms with Gasteiger partial charge in [0.2, 0.25) is 5.91 Å². The van der Waals surface area contributed by atoms with Gasteiger partial charge in [-0.3, -0.25) is 14.3 Å². The Morgan fingerprint density at radius 1 is 1.10 bits per heavy atom. The van der Waals surface area contributed by atoms with Crippen molar-refractivity contribution in [1.29, 1.82) is 0 Å². The molecule has 0 spiro atoms. The quantitative estimate of drug-likeness (QED) is 0.285. The van der Waals surface area contributed by atoms with E-state index >= 15 is 0 Å². The molecule has 0 unspecified atom stereocenters. The number of H-pyrrole nitrogens is 1. The summed E-state index contributed by atoms with van der Waals surface area (Å²) < 4.78 is 7.14. The molecule has 0 radical (unpaired) electrons. The van der Waals surface area contributed by atoms with E-state index in [9.17, 15) is 4.79 Å². The second-order valence-electron chi connectivity index (χ2n) is 8.66. The molecule has 0 aliphatic heterocycles. The number of hydrogen-bond acceptors (Lipinski definition) is 9. The third kappa shape index (κ3) is 5.96. The summed E-state index contributed by atoms with van der Waals surface area (Å²) >= 11 is 0. The summed E-state index contributed by atoms with van der Waals surface area (Å²) in [7, 11) is 0. The Morgan fingerprint density at radius 3 is 2.58 bits per heavy atom. The molecule has 0 bridgehead atoms. The number of benzene rings is 1. The van der Waals surface area contributed by atoms with Gasteiger partial charge in [0.15, 0.2) is 11.5 Å². The van der Waals surface area contributed by atoms with Gasteiger partial charge in [-0.2, -0.15) is 0 Å². The molecule has 2 N–H and O–H groups in total. The van der Waals surface area contributed by atoms with Gasteiger partial charge in [-0.1, -0.05) is 5.16 Å². The molecule has 1 aromatic carbocycles. The molecule has 0 aliphatic carbocycles. The number of aliphatic imine (C=N–C) groups is 1. The van der Waals surface area contributed by atoms with E-state index in [2.05, 4.69) is 52.1 Å². The van der Waals surface area contributed by atoms with Gasteiger partial charge in [-0.05, 0) is 57.0 Å². The Kier molecular flexibility index (Phi) is 7.77. The summed E-state index contributed by atoms with van der Waals surface area (Å²) in [5, 5.41) is 6.91. The van der Waals surface area contributed by atoms with Crippen LogP contribution in [0.15, 0.2) is 83.2 Å². The molecule has 5 aromatic heterocycles. The molecule has 1 amide bonds. The van der Waals surface area contributed by atoms with Gasteiger partial charge in [0.05, 0.1) is 12.1 Å². The number of aryl methyl sites for hydroxylation is 1. The van der Waals surface area contributed by atoms with E-state index in [1.165, 1.54) is 6.33 Å². The minimum absolute atomic E-state index is 0.0680. The summed E-state index contributed by atoms with van der Waals surface area (Å²) in [5.41, 5.74) is 5.18. The van der Waals surface area contributed by atoms with Crippen molar-refractivity contribution in [3.8, 4) is 28.5 Å². The number of hydrogen-bond donors (Lipinski definition) is 2. The van der Waals surface area contributed by atoms with Crippen LogP contribution in [-0.2, 0) is 11.2 Å². The van der Waals surface area contributed by atoms with Crippen molar-refractivity contribution >= 4 is 29.5 Å². The first kappa shape index (κ1) is 26.1. The molecule has 12 nitrogen and oxygen atoms in total. The van der Waals surface area contributed by atoms with Crippen LogP contribution in [0.3, 0.4) is 0 Å². The first-order valence-corrected chi connectivity index (χ1v) is 12.4. The smallest absolute Gasteiger partial charge is 0.232 e. The normalized spacial score (nSPS) is 10.7. The maximum absolute atomic E-state index is 12.5. The molecule has 40 heavy (non-hydrogen) atoms. The molecule has 0 saturated carbocycles. The number of rotatable bonds is 7. The number of carbonyl (C=O) groups excluding carboxylic acids is 1. The number of nitrogens with one attached hydrogen (secondary N) is 2. The van der Waals surface area contributed by atoms with E-state index in [4.69, 9.17) is 4.52 Å². The summed E-state index contributed by atoms with van der Waals surface area (Å²) in [4.78, 5) is 40.8. The molecule has 0 atom stereocenters. The van der Waals surface area contributed by atoms with Gasteiger partial charge in [0.25, 0.3) is 0 Å². The molecule has 6 aromatic rings. The van der Waals surface area contributed by atoms with Crippen LogP contribution in [0.1, 0.15) is 18.4 Å². The zero-order valence-electron chi connectivity index (χ0n) is 21.9. The number of anilines is 1. The number of nitrogens with zero attached hydrogens (tertiary/aromatic N) is 8. The van der Waals surface area contributed by atoms with E-state index in [0.717, 1.165) is 23.4 Å². The third-order valence-corrected chi connectivity index (χ3v) is 5.76. The van der Waals surface area contributed by atoms with Gasteiger partial charge >= 0.3 is 0 Å². The lowest BCUT2D eigenvalue weighted by Gasteiger charge is -2.04. The first-order chi connectivity index (χ1) is 19.5. The number of pyridine rings is 1. The number of carbonyl (C=O) groups is 1. The van der Waals surface area contributed by atoms with Gasteiger partial charge in [0, 0.05) is 48.0 Å². The maximum Gasteiger partial charge on any atom is 0.232 e. The van der Waals surface area contributed by atoms with Crippen molar-refractivity contribution in [3.05, 3.63) is 85.2 Å². The van der Waals surface area contributed by atoms with Gasteiger partial charge in [0.1, 0.15) is 35.4 Å². The zero-order chi connectivity index (χ0) is 27.9. The van der Waals surface area contributed by atoms with Crippen molar-refractivity contribution in [2.75, 3.05) is 11.9 Å². The molecular weight excluding hydrogens is 508 g/mol. The lowest BCUT2D eigenvalue weighted by molar-refractivity contribution is -0.115. The summed E-state index contributed by atoms with van der Waals surface area (Å²) in [5.74, 6) is 1.58. The maximum atomic E-state index is 12.5. The Bertz CT molecular complexity index is 1740. The number of fused-ring (bicyclic) bond motifs is 1. The monoisotopic (exact) mass is 534 g/mol. The largest absolute Gasteiger partial charge is 0.360 e. The summed E-state index contributed by atoms with van der Waals surface area (Å²) in [6.45, 7) is 7.93. The standard InChI is InChI=1S/C25H19N9O2.C3H7N/c1-15-12-34(14-29-15)25-22-24(27-13-28-25)32-23(31-22)17-2-4-18(5-3-17)30-21(35)11-19-10-20(33-36-19)16-6-8-26-9-7-16;1-3-4-2/h2-10,12-14H,11H2,1H3,(H,30,35)(H,27,28,31,32);2-3H2,1H3. The van der Waals surface area contributed by atoms with Crippen LogP contribution in [0.2, 0.25) is 0 Å². The second kappa shape index (κ2) is 11.9. The van der Waals surface area contributed by atoms with E-state index in [1.54, 1.807) is 24.8 Å². The van der Waals surface area contributed by atoms with Gasteiger partial charge in [-0.15, -0.1) is 0 Å². The third-order valence-electron chi connectivity index (χ3n) is 5.76. The fraction of sp³-hybridized carbons (Fsp3) is 0.143. The average molecular weight is 535 g/mol.